The topological polar surface area (TPSA) is 77.0 Å². The van der Waals surface area contributed by atoms with Crippen molar-refractivity contribution >= 4 is 29.5 Å². The zero-order chi connectivity index (χ0) is 22.8. The lowest BCUT2D eigenvalue weighted by molar-refractivity contribution is -0.172. The van der Waals surface area contributed by atoms with Crippen molar-refractivity contribution in [1.29, 1.82) is 0 Å². The molecule has 0 amide bonds. The molecule has 0 aromatic heterocycles. The molecule has 0 heterocycles. The first-order valence-corrected chi connectivity index (χ1v) is 10.7. The lowest BCUT2D eigenvalue weighted by Crippen LogP contribution is -2.44. The highest BCUT2D eigenvalue weighted by atomic mass is 16.6. The Labute approximate surface area is 188 Å². The molecular formula is C26H28N2O4. The standard InChI is InChI=1S/C26H28N2O4/c1-3-31-24(29)26(25(30)32-4-2)16-20(18-27-22-11-7-5-8-12-22)15-21(17-26)19-28-23-13-9-6-10-14-23/h5-15,18-19,27H,3-4,16-17H2,1-2H3/b20-18+,28-19?. The molecule has 0 atom stereocenters. The van der Waals surface area contributed by atoms with E-state index in [1.54, 1.807) is 26.3 Å². The molecule has 0 bridgehead atoms. The fourth-order valence-electron chi connectivity index (χ4n) is 3.57. The number of anilines is 1. The Morgan fingerprint density at radius 3 is 2.12 bits per heavy atom. The number of para-hydroxylation sites is 2. The van der Waals surface area contributed by atoms with Gasteiger partial charge in [-0.1, -0.05) is 42.5 Å². The van der Waals surface area contributed by atoms with E-state index >= 15 is 0 Å². The van der Waals surface area contributed by atoms with Crippen molar-refractivity contribution in [2.24, 2.45) is 10.4 Å². The van der Waals surface area contributed by atoms with Crippen molar-refractivity contribution in [2.45, 2.75) is 26.7 Å². The Balaban J connectivity index is 1.99. The molecule has 1 N–H and O–H groups in total. The van der Waals surface area contributed by atoms with E-state index in [-0.39, 0.29) is 26.1 Å². The molecule has 0 aliphatic heterocycles. The number of carbonyl (C=O) groups is 2. The van der Waals surface area contributed by atoms with Crippen molar-refractivity contribution in [3.8, 4) is 0 Å². The minimum absolute atomic E-state index is 0.156. The number of ether oxygens (including phenoxy) is 2. The average Bonchev–Trinajstić information content (AvgIpc) is 2.83. The third-order valence-corrected chi connectivity index (χ3v) is 5.05. The van der Waals surface area contributed by atoms with Gasteiger partial charge in [-0.2, -0.15) is 0 Å². The van der Waals surface area contributed by atoms with Gasteiger partial charge in [0, 0.05) is 30.9 Å². The van der Waals surface area contributed by atoms with Crippen molar-refractivity contribution in [1.82, 2.24) is 0 Å². The fraction of sp³-hybridized carbons (Fsp3) is 0.269. The number of allylic oxidation sites excluding steroid dienone is 3. The van der Waals surface area contributed by atoms with Crippen LogP contribution in [0.1, 0.15) is 26.7 Å². The van der Waals surface area contributed by atoms with E-state index in [9.17, 15) is 9.59 Å². The molecule has 0 spiro atoms. The van der Waals surface area contributed by atoms with Gasteiger partial charge in [-0.05, 0) is 49.3 Å². The van der Waals surface area contributed by atoms with Crippen LogP contribution in [0.15, 0.2) is 89.1 Å². The third kappa shape index (κ3) is 5.72. The van der Waals surface area contributed by atoms with Crippen LogP contribution in [0.2, 0.25) is 0 Å². The highest BCUT2D eigenvalue weighted by molar-refractivity contribution is 6.02. The SMILES string of the molecule is CCOC(=O)C1(C(=O)OCC)CC(C=Nc2ccccc2)=C/C(=C\Nc2ccccc2)C1. The molecule has 32 heavy (non-hydrogen) atoms. The summed E-state index contributed by atoms with van der Waals surface area (Å²) >= 11 is 0. The molecule has 0 unspecified atom stereocenters. The highest BCUT2D eigenvalue weighted by Crippen LogP contribution is 2.41. The summed E-state index contributed by atoms with van der Waals surface area (Å²) in [5, 5.41) is 3.23. The van der Waals surface area contributed by atoms with Crippen LogP contribution in [0.3, 0.4) is 0 Å². The first-order chi connectivity index (χ1) is 15.6. The minimum atomic E-state index is -1.46. The number of rotatable bonds is 8. The predicted molar refractivity (Wildman–Crippen MR) is 126 cm³/mol. The van der Waals surface area contributed by atoms with E-state index in [0.29, 0.717) is 0 Å². The van der Waals surface area contributed by atoms with Gasteiger partial charge < -0.3 is 14.8 Å². The minimum Gasteiger partial charge on any atom is -0.465 e. The van der Waals surface area contributed by atoms with Gasteiger partial charge in [-0.3, -0.25) is 14.6 Å². The number of hydrogen-bond acceptors (Lipinski definition) is 6. The average molecular weight is 433 g/mol. The van der Waals surface area contributed by atoms with Crippen LogP contribution in [0, 0.1) is 5.41 Å². The normalized spacial score (nSPS) is 16.4. The number of hydrogen-bond donors (Lipinski definition) is 1. The number of esters is 2. The maximum atomic E-state index is 13.0. The van der Waals surface area contributed by atoms with E-state index in [0.717, 1.165) is 22.5 Å². The van der Waals surface area contributed by atoms with Gasteiger partial charge in [0.05, 0.1) is 18.9 Å². The van der Waals surface area contributed by atoms with Crippen molar-refractivity contribution in [2.75, 3.05) is 18.5 Å². The summed E-state index contributed by atoms with van der Waals surface area (Å²) in [6.07, 6.45) is 5.77. The van der Waals surface area contributed by atoms with Crippen LogP contribution in [0.5, 0.6) is 0 Å². The number of nitrogens with zero attached hydrogens (tertiary/aromatic N) is 1. The Bertz CT molecular complexity index is 993. The molecule has 0 fully saturated rings. The second kappa shape index (κ2) is 11.1. The smallest absolute Gasteiger partial charge is 0.324 e. The summed E-state index contributed by atoms with van der Waals surface area (Å²) < 4.78 is 10.6. The van der Waals surface area contributed by atoms with Gasteiger partial charge >= 0.3 is 11.9 Å². The van der Waals surface area contributed by atoms with Gasteiger partial charge in [0.15, 0.2) is 5.41 Å². The summed E-state index contributed by atoms with van der Waals surface area (Å²) in [5.41, 5.74) is 1.74. The van der Waals surface area contributed by atoms with Crippen molar-refractivity contribution in [3.63, 3.8) is 0 Å². The number of aliphatic imine (C=N–C) groups is 1. The zero-order valence-corrected chi connectivity index (χ0v) is 18.4. The molecule has 1 aliphatic carbocycles. The monoisotopic (exact) mass is 432 g/mol. The predicted octanol–water partition coefficient (Wildman–Crippen LogP) is 5.22. The maximum absolute atomic E-state index is 13.0. The Morgan fingerprint density at radius 1 is 0.938 bits per heavy atom. The third-order valence-electron chi connectivity index (χ3n) is 5.05. The molecule has 6 nitrogen and oxygen atoms in total. The molecule has 0 radical (unpaired) electrons. The van der Waals surface area contributed by atoms with E-state index in [2.05, 4.69) is 10.3 Å². The number of nitrogens with one attached hydrogen (secondary N) is 1. The summed E-state index contributed by atoms with van der Waals surface area (Å²) in [7, 11) is 0. The Hall–Kier alpha value is -3.67. The van der Waals surface area contributed by atoms with Crippen LogP contribution < -0.4 is 5.32 Å². The summed E-state index contributed by atoms with van der Waals surface area (Å²) in [5.74, 6) is -1.16. The molecule has 166 valence electrons. The maximum Gasteiger partial charge on any atom is 0.324 e. The summed E-state index contributed by atoms with van der Waals surface area (Å²) in [6.45, 7) is 3.80. The molecule has 0 saturated heterocycles. The molecule has 1 aliphatic rings. The summed E-state index contributed by atoms with van der Waals surface area (Å²) in [6, 6.07) is 19.2. The van der Waals surface area contributed by atoms with E-state index in [4.69, 9.17) is 9.47 Å². The molecule has 6 heteroatoms. The largest absolute Gasteiger partial charge is 0.465 e. The molecule has 0 saturated carbocycles. The van der Waals surface area contributed by atoms with E-state index < -0.39 is 17.4 Å². The first kappa shape index (κ1) is 23.0. The number of benzene rings is 2. The molecule has 3 rings (SSSR count). The number of carbonyl (C=O) groups excluding carboxylic acids is 2. The molecule has 2 aromatic rings. The van der Waals surface area contributed by atoms with Crippen molar-refractivity contribution in [3.05, 3.63) is 84.1 Å². The second-order valence-electron chi connectivity index (χ2n) is 7.42. The van der Waals surface area contributed by atoms with Gasteiger partial charge in [0.25, 0.3) is 0 Å². The lowest BCUT2D eigenvalue weighted by atomic mass is 9.72. The van der Waals surface area contributed by atoms with E-state index in [1.165, 1.54) is 0 Å². The van der Waals surface area contributed by atoms with Crippen LogP contribution in [-0.4, -0.2) is 31.4 Å². The molecule has 2 aromatic carbocycles. The Kier molecular flexibility index (Phi) is 7.97. The van der Waals surface area contributed by atoms with Crippen LogP contribution in [0.4, 0.5) is 11.4 Å². The van der Waals surface area contributed by atoms with Gasteiger partial charge in [-0.25, -0.2) is 0 Å². The second-order valence-corrected chi connectivity index (χ2v) is 7.42. The first-order valence-electron chi connectivity index (χ1n) is 10.7. The lowest BCUT2D eigenvalue weighted by Gasteiger charge is -2.33. The highest BCUT2D eigenvalue weighted by Gasteiger charge is 2.51. The van der Waals surface area contributed by atoms with Crippen LogP contribution in [-0.2, 0) is 19.1 Å². The molecular weight excluding hydrogens is 404 g/mol. The zero-order valence-electron chi connectivity index (χ0n) is 18.4. The Morgan fingerprint density at radius 2 is 1.53 bits per heavy atom. The van der Waals surface area contributed by atoms with Gasteiger partial charge in [0.2, 0.25) is 0 Å². The van der Waals surface area contributed by atoms with Crippen molar-refractivity contribution < 1.29 is 19.1 Å². The summed E-state index contributed by atoms with van der Waals surface area (Å²) in [4.78, 5) is 30.6. The van der Waals surface area contributed by atoms with Gasteiger partial charge in [0.1, 0.15) is 0 Å². The fourth-order valence-corrected chi connectivity index (χ4v) is 3.57. The van der Waals surface area contributed by atoms with Crippen LogP contribution >= 0.6 is 0 Å². The van der Waals surface area contributed by atoms with E-state index in [1.807, 2.05) is 66.7 Å². The van der Waals surface area contributed by atoms with Gasteiger partial charge in [-0.15, -0.1) is 0 Å². The quantitative estimate of drug-likeness (QED) is 0.352. The van der Waals surface area contributed by atoms with Crippen LogP contribution in [0.25, 0.3) is 0 Å².